The molecule has 0 radical (unpaired) electrons. The van der Waals surface area contributed by atoms with Gasteiger partial charge in [0.05, 0.1) is 17.9 Å². The molecule has 0 N–H and O–H groups in total. The Morgan fingerprint density at radius 1 is 1.33 bits per heavy atom. The normalized spacial score (nSPS) is 19.0. The van der Waals surface area contributed by atoms with Crippen molar-refractivity contribution in [2.24, 2.45) is 15.9 Å². The number of hydrogen-bond acceptors (Lipinski definition) is 3. The third-order valence-electron chi connectivity index (χ3n) is 4.25. The van der Waals surface area contributed by atoms with Gasteiger partial charge in [-0.25, -0.2) is 4.68 Å². The first-order chi connectivity index (χ1) is 11.7. The van der Waals surface area contributed by atoms with Gasteiger partial charge in [0.25, 0.3) is 0 Å². The first-order valence-corrected chi connectivity index (χ1v) is 8.47. The quantitative estimate of drug-likeness (QED) is 0.597. The minimum absolute atomic E-state index is 0.292. The Kier molecular flexibility index (Phi) is 5.26. The van der Waals surface area contributed by atoms with Crippen LogP contribution in [0.5, 0.6) is 0 Å². The summed E-state index contributed by atoms with van der Waals surface area (Å²) in [5, 5.41) is 5.31. The zero-order valence-electron chi connectivity index (χ0n) is 14.0. The molecule has 1 aliphatic rings. The fourth-order valence-electron chi connectivity index (χ4n) is 2.93. The van der Waals surface area contributed by atoms with Crippen molar-refractivity contribution in [3.05, 3.63) is 58.4 Å². The number of benzene rings is 1. The van der Waals surface area contributed by atoms with E-state index in [1.54, 1.807) is 7.05 Å². The van der Waals surface area contributed by atoms with Gasteiger partial charge in [0.15, 0.2) is 0 Å². The van der Waals surface area contributed by atoms with Gasteiger partial charge in [0.2, 0.25) is 0 Å². The lowest BCUT2D eigenvalue weighted by molar-refractivity contribution is 0.816. The predicted octanol–water partition coefficient (Wildman–Crippen LogP) is 4.09. The summed E-state index contributed by atoms with van der Waals surface area (Å²) in [5.74, 6) is 0.292. The van der Waals surface area contributed by atoms with Crippen molar-refractivity contribution in [2.45, 2.75) is 19.8 Å². The number of rotatable bonds is 5. The largest absolute Gasteiger partial charge is 0.301 e. The molecule has 0 saturated carbocycles. The molecule has 1 unspecified atom stereocenters. The van der Waals surface area contributed by atoms with Gasteiger partial charge in [-0.05, 0) is 31.1 Å². The average Bonchev–Trinajstić information content (AvgIpc) is 3.15. The molecule has 0 aliphatic carbocycles. The van der Waals surface area contributed by atoms with E-state index in [-0.39, 0.29) is 0 Å². The Morgan fingerprint density at radius 2 is 2.12 bits per heavy atom. The van der Waals surface area contributed by atoms with Crippen LogP contribution >= 0.6 is 11.6 Å². The molecule has 1 aromatic heterocycles. The highest BCUT2D eigenvalue weighted by Gasteiger charge is 2.22. The lowest BCUT2D eigenvalue weighted by atomic mass is 9.94. The van der Waals surface area contributed by atoms with Crippen molar-refractivity contribution in [3.8, 4) is 5.69 Å². The minimum Gasteiger partial charge on any atom is -0.301 e. The monoisotopic (exact) mass is 340 g/mol. The van der Waals surface area contributed by atoms with E-state index in [4.69, 9.17) is 11.6 Å². The molecule has 5 heteroatoms. The predicted molar refractivity (Wildman–Crippen MR) is 101 cm³/mol. The van der Waals surface area contributed by atoms with E-state index in [9.17, 15) is 0 Å². The molecule has 0 spiro atoms. The maximum absolute atomic E-state index is 6.63. The summed E-state index contributed by atoms with van der Waals surface area (Å²) in [6.07, 6.45) is 7.84. The van der Waals surface area contributed by atoms with E-state index in [1.807, 2.05) is 54.4 Å². The molecular formula is C19H21ClN4. The van der Waals surface area contributed by atoms with Gasteiger partial charge in [-0.1, -0.05) is 35.9 Å². The fraction of sp³-hybridized carbons (Fsp3) is 0.316. The number of allylic oxidation sites excluding steroid dienone is 1. The molecule has 3 rings (SSSR count). The molecule has 1 atom stereocenters. The number of halogens is 1. The fourth-order valence-corrected chi connectivity index (χ4v) is 3.28. The average molecular weight is 341 g/mol. The van der Waals surface area contributed by atoms with Gasteiger partial charge in [0.1, 0.15) is 5.15 Å². The van der Waals surface area contributed by atoms with Crippen LogP contribution < -0.4 is 0 Å². The van der Waals surface area contributed by atoms with Crippen LogP contribution in [-0.2, 0) is 6.42 Å². The Bertz CT molecular complexity index is 787. The van der Waals surface area contributed by atoms with Crippen LogP contribution in [0.15, 0.2) is 52.0 Å². The molecule has 0 bridgehead atoms. The van der Waals surface area contributed by atoms with Gasteiger partial charge < -0.3 is 4.99 Å². The third-order valence-corrected chi connectivity index (χ3v) is 4.64. The van der Waals surface area contributed by atoms with Crippen molar-refractivity contribution < 1.29 is 0 Å². The highest BCUT2D eigenvalue weighted by Crippen LogP contribution is 2.29. The SMILES string of the molecule is CN=CC/C=C1\CN=CC1Cc1c(C)nn(-c2ccccc2)c1Cl. The first-order valence-electron chi connectivity index (χ1n) is 8.09. The van der Waals surface area contributed by atoms with E-state index in [2.05, 4.69) is 21.2 Å². The maximum atomic E-state index is 6.63. The van der Waals surface area contributed by atoms with Crippen LogP contribution in [-0.4, -0.2) is 35.8 Å². The van der Waals surface area contributed by atoms with Crippen molar-refractivity contribution in [1.82, 2.24) is 9.78 Å². The first kappa shape index (κ1) is 16.7. The summed E-state index contributed by atoms with van der Waals surface area (Å²) in [6.45, 7) is 2.78. The summed E-state index contributed by atoms with van der Waals surface area (Å²) in [6, 6.07) is 9.98. The zero-order valence-corrected chi connectivity index (χ0v) is 14.7. The lowest BCUT2D eigenvalue weighted by Crippen LogP contribution is -2.07. The zero-order chi connectivity index (χ0) is 16.9. The molecule has 0 amide bonds. The topological polar surface area (TPSA) is 42.5 Å². The molecule has 2 aromatic rings. The molecule has 24 heavy (non-hydrogen) atoms. The molecule has 2 heterocycles. The number of para-hydroxylation sites is 1. The molecule has 1 aliphatic heterocycles. The Morgan fingerprint density at radius 3 is 2.88 bits per heavy atom. The number of aryl methyl sites for hydroxylation is 1. The van der Waals surface area contributed by atoms with Crippen LogP contribution in [0.25, 0.3) is 5.69 Å². The van der Waals surface area contributed by atoms with Crippen molar-refractivity contribution in [2.75, 3.05) is 13.6 Å². The summed E-state index contributed by atoms with van der Waals surface area (Å²) >= 11 is 6.63. The molecule has 4 nitrogen and oxygen atoms in total. The second-order valence-electron chi connectivity index (χ2n) is 5.86. The molecule has 124 valence electrons. The van der Waals surface area contributed by atoms with Crippen molar-refractivity contribution in [3.63, 3.8) is 0 Å². The maximum Gasteiger partial charge on any atom is 0.136 e. The van der Waals surface area contributed by atoms with Gasteiger partial charge in [-0.2, -0.15) is 5.10 Å². The molecule has 1 aromatic carbocycles. The van der Waals surface area contributed by atoms with E-state index >= 15 is 0 Å². The van der Waals surface area contributed by atoms with Gasteiger partial charge in [-0.3, -0.25) is 4.99 Å². The van der Waals surface area contributed by atoms with Crippen LogP contribution in [0.4, 0.5) is 0 Å². The molecular weight excluding hydrogens is 320 g/mol. The third kappa shape index (κ3) is 3.49. The smallest absolute Gasteiger partial charge is 0.136 e. The Balaban J connectivity index is 1.84. The van der Waals surface area contributed by atoms with Crippen LogP contribution in [0, 0.1) is 12.8 Å². The standard InChI is InChI=1S/C19H21ClN4/c1-14-18(11-16-13-22-12-15(16)7-6-10-21-2)19(20)24(23-14)17-8-4-3-5-9-17/h3-5,7-10,13,16H,6,11-12H2,1-2H3/b15-7+,21-10?. The number of nitrogens with zero attached hydrogens (tertiary/aromatic N) is 4. The lowest BCUT2D eigenvalue weighted by Gasteiger charge is -2.10. The number of aromatic nitrogens is 2. The summed E-state index contributed by atoms with van der Waals surface area (Å²) < 4.78 is 1.81. The highest BCUT2D eigenvalue weighted by molar-refractivity contribution is 6.30. The summed E-state index contributed by atoms with van der Waals surface area (Å²) in [5.41, 5.74) is 4.37. The van der Waals surface area contributed by atoms with E-state index < -0.39 is 0 Å². The molecule has 0 saturated heterocycles. The molecule has 0 fully saturated rings. The van der Waals surface area contributed by atoms with Gasteiger partial charge in [0, 0.05) is 37.4 Å². The van der Waals surface area contributed by atoms with Gasteiger partial charge >= 0.3 is 0 Å². The van der Waals surface area contributed by atoms with Crippen molar-refractivity contribution in [1.29, 1.82) is 0 Å². The van der Waals surface area contributed by atoms with E-state index in [0.29, 0.717) is 11.1 Å². The Labute approximate surface area is 147 Å². The number of hydrogen-bond donors (Lipinski definition) is 0. The van der Waals surface area contributed by atoms with Crippen LogP contribution in [0.2, 0.25) is 5.15 Å². The van der Waals surface area contributed by atoms with Crippen LogP contribution in [0.3, 0.4) is 0 Å². The summed E-state index contributed by atoms with van der Waals surface area (Å²) in [4.78, 5) is 8.46. The van der Waals surface area contributed by atoms with E-state index in [1.165, 1.54) is 5.57 Å². The minimum atomic E-state index is 0.292. The number of aliphatic imine (C=N–C) groups is 2. The van der Waals surface area contributed by atoms with Gasteiger partial charge in [-0.15, -0.1) is 0 Å². The van der Waals surface area contributed by atoms with Crippen molar-refractivity contribution >= 4 is 24.0 Å². The second-order valence-corrected chi connectivity index (χ2v) is 6.22. The second kappa shape index (κ2) is 7.58. The Hall–Kier alpha value is -2.20. The van der Waals surface area contributed by atoms with Crippen LogP contribution in [0.1, 0.15) is 17.7 Å². The highest BCUT2D eigenvalue weighted by atomic mass is 35.5. The summed E-state index contributed by atoms with van der Waals surface area (Å²) in [7, 11) is 1.79. The van der Waals surface area contributed by atoms with E-state index in [0.717, 1.165) is 36.3 Å².